The predicted octanol–water partition coefficient (Wildman–Crippen LogP) is 3.70. The first-order chi connectivity index (χ1) is 10.3. The number of thioether (sulfide) groups is 1. The molecule has 1 aliphatic rings. The SMILES string of the molecule is CNC1CCC(c2nc(-c3ccc(SC)cc3)no2)CC1. The van der Waals surface area contributed by atoms with Gasteiger partial charge in [-0.25, -0.2) is 0 Å². The van der Waals surface area contributed by atoms with Gasteiger partial charge in [-0.3, -0.25) is 0 Å². The molecule has 1 saturated carbocycles. The van der Waals surface area contributed by atoms with E-state index in [0.717, 1.165) is 24.3 Å². The molecular formula is C16H21N3OS. The minimum Gasteiger partial charge on any atom is -0.339 e. The van der Waals surface area contributed by atoms with Crippen molar-refractivity contribution in [3.8, 4) is 11.4 Å². The monoisotopic (exact) mass is 303 g/mol. The topological polar surface area (TPSA) is 51.0 Å². The first kappa shape index (κ1) is 14.6. The van der Waals surface area contributed by atoms with Gasteiger partial charge in [0.25, 0.3) is 0 Å². The lowest BCUT2D eigenvalue weighted by molar-refractivity contribution is 0.289. The van der Waals surface area contributed by atoms with Gasteiger partial charge in [-0.15, -0.1) is 11.8 Å². The molecule has 1 aliphatic carbocycles. The summed E-state index contributed by atoms with van der Waals surface area (Å²) in [4.78, 5) is 5.85. The molecule has 0 amide bonds. The summed E-state index contributed by atoms with van der Waals surface area (Å²) in [6, 6.07) is 8.93. The van der Waals surface area contributed by atoms with E-state index in [1.807, 2.05) is 7.05 Å². The third-order valence-corrected chi connectivity index (χ3v) is 5.02. The molecule has 5 heteroatoms. The molecule has 0 unspecified atom stereocenters. The number of hydrogen-bond acceptors (Lipinski definition) is 5. The zero-order valence-electron chi connectivity index (χ0n) is 12.5. The molecule has 1 fully saturated rings. The number of hydrogen-bond donors (Lipinski definition) is 1. The maximum absolute atomic E-state index is 5.50. The second-order valence-electron chi connectivity index (χ2n) is 5.52. The second kappa shape index (κ2) is 6.62. The summed E-state index contributed by atoms with van der Waals surface area (Å²) in [6.07, 6.45) is 6.68. The lowest BCUT2D eigenvalue weighted by Gasteiger charge is -2.25. The Balaban J connectivity index is 1.71. The molecule has 1 heterocycles. The van der Waals surface area contributed by atoms with E-state index in [4.69, 9.17) is 4.52 Å². The molecular weight excluding hydrogens is 282 g/mol. The van der Waals surface area contributed by atoms with Crippen LogP contribution in [0.15, 0.2) is 33.7 Å². The van der Waals surface area contributed by atoms with Crippen molar-refractivity contribution >= 4 is 11.8 Å². The van der Waals surface area contributed by atoms with Crippen molar-refractivity contribution < 1.29 is 4.52 Å². The summed E-state index contributed by atoms with van der Waals surface area (Å²) in [5.41, 5.74) is 1.02. The third kappa shape index (κ3) is 3.30. The van der Waals surface area contributed by atoms with Crippen molar-refractivity contribution in [3.05, 3.63) is 30.2 Å². The molecule has 3 rings (SSSR count). The molecule has 0 radical (unpaired) electrons. The van der Waals surface area contributed by atoms with Crippen LogP contribution in [0.25, 0.3) is 11.4 Å². The van der Waals surface area contributed by atoms with Crippen molar-refractivity contribution in [3.63, 3.8) is 0 Å². The molecule has 0 bridgehead atoms. The summed E-state index contributed by atoms with van der Waals surface area (Å²) < 4.78 is 5.50. The van der Waals surface area contributed by atoms with Crippen molar-refractivity contribution in [1.82, 2.24) is 15.5 Å². The summed E-state index contributed by atoms with van der Waals surface area (Å²) >= 11 is 1.73. The van der Waals surface area contributed by atoms with Gasteiger partial charge in [0.05, 0.1) is 0 Å². The highest BCUT2D eigenvalue weighted by molar-refractivity contribution is 7.98. The highest BCUT2D eigenvalue weighted by atomic mass is 32.2. The zero-order valence-corrected chi connectivity index (χ0v) is 13.3. The van der Waals surface area contributed by atoms with Gasteiger partial charge in [-0.1, -0.05) is 5.16 Å². The van der Waals surface area contributed by atoms with Gasteiger partial charge in [0.2, 0.25) is 11.7 Å². The molecule has 0 saturated heterocycles. The highest BCUT2D eigenvalue weighted by Crippen LogP contribution is 2.33. The van der Waals surface area contributed by atoms with Gasteiger partial charge in [0, 0.05) is 22.4 Å². The Morgan fingerprint density at radius 3 is 2.48 bits per heavy atom. The van der Waals surface area contributed by atoms with Crippen molar-refractivity contribution in [2.45, 2.75) is 42.5 Å². The molecule has 1 N–H and O–H groups in total. The Morgan fingerprint density at radius 1 is 1.14 bits per heavy atom. The number of aromatic nitrogens is 2. The first-order valence-electron chi connectivity index (χ1n) is 7.45. The van der Waals surface area contributed by atoms with Crippen molar-refractivity contribution in [1.29, 1.82) is 0 Å². The van der Waals surface area contributed by atoms with E-state index in [1.54, 1.807) is 11.8 Å². The van der Waals surface area contributed by atoms with E-state index in [0.29, 0.717) is 17.8 Å². The quantitative estimate of drug-likeness (QED) is 0.873. The Hall–Kier alpha value is -1.33. The molecule has 1 aromatic carbocycles. The van der Waals surface area contributed by atoms with E-state index in [2.05, 4.69) is 46.0 Å². The minimum absolute atomic E-state index is 0.418. The van der Waals surface area contributed by atoms with Gasteiger partial charge >= 0.3 is 0 Å². The smallest absolute Gasteiger partial charge is 0.230 e. The Labute approximate surface area is 129 Å². The lowest BCUT2D eigenvalue weighted by Crippen LogP contribution is -2.29. The molecule has 1 aromatic heterocycles. The maximum Gasteiger partial charge on any atom is 0.230 e. The minimum atomic E-state index is 0.418. The lowest BCUT2D eigenvalue weighted by atomic mass is 9.86. The van der Waals surface area contributed by atoms with E-state index < -0.39 is 0 Å². The average molecular weight is 303 g/mol. The van der Waals surface area contributed by atoms with Gasteiger partial charge in [0.1, 0.15) is 0 Å². The predicted molar refractivity (Wildman–Crippen MR) is 85.6 cm³/mol. The normalized spacial score (nSPS) is 22.4. The number of benzene rings is 1. The third-order valence-electron chi connectivity index (χ3n) is 4.27. The maximum atomic E-state index is 5.50. The molecule has 0 spiro atoms. The van der Waals surface area contributed by atoms with Crippen LogP contribution >= 0.6 is 11.8 Å². The number of nitrogens with one attached hydrogen (secondary N) is 1. The molecule has 21 heavy (non-hydrogen) atoms. The Morgan fingerprint density at radius 2 is 1.86 bits per heavy atom. The fraction of sp³-hybridized carbons (Fsp3) is 0.500. The standard InChI is InChI=1S/C16H21N3OS/c1-17-13-7-3-12(4-8-13)16-18-15(19-20-16)11-5-9-14(21-2)10-6-11/h5-6,9-10,12-13,17H,3-4,7-8H2,1-2H3. The molecule has 0 atom stereocenters. The molecule has 4 nitrogen and oxygen atoms in total. The molecule has 112 valence electrons. The van der Waals surface area contributed by atoms with Crippen LogP contribution in [0.3, 0.4) is 0 Å². The Bertz CT molecular complexity index is 573. The summed E-state index contributed by atoms with van der Waals surface area (Å²) in [5, 5.41) is 7.50. The van der Waals surface area contributed by atoms with E-state index in [9.17, 15) is 0 Å². The van der Waals surface area contributed by atoms with Crippen LogP contribution in [-0.4, -0.2) is 29.5 Å². The number of rotatable bonds is 4. The van der Waals surface area contributed by atoms with Crippen molar-refractivity contribution in [2.75, 3.05) is 13.3 Å². The fourth-order valence-electron chi connectivity index (χ4n) is 2.89. The van der Waals surface area contributed by atoms with E-state index in [1.165, 1.54) is 17.7 Å². The Kier molecular flexibility index (Phi) is 4.60. The van der Waals surface area contributed by atoms with Crippen LogP contribution in [-0.2, 0) is 0 Å². The van der Waals surface area contributed by atoms with Crippen LogP contribution in [0.1, 0.15) is 37.5 Å². The fourth-order valence-corrected chi connectivity index (χ4v) is 3.30. The van der Waals surface area contributed by atoms with Crippen molar-refractivity contribution in [2.24, 2.45) is 0 Å². The van der Waals surface area contributed by atoms with Crippen LogP contribution in [0.2, 0.25) is 0 Å². The van der Waals surface area contributed by atoms with Crippen LogP contribution in [0, 0.1) is 0 Å². The van der Waals surface area contributed by atoms with Gasteiger partial charge in [-0.2, -0.15) is 4.98 Å². The second-order valence-corrected chi connectivity index (χ2v) is 6.40. The molecule has 2 aromatic rings. The zero-order chi connectivity index (χ0) is 14.7. The van der Waals surface area contributed by atoms with Crippen LogP contribution in [0.5, 0.6) is 0 Å². The van der Waals surface area contributed by atoms with Gasteiger partial charge in [-0.05, 0) is 63.3 Å². The summed E-state index contributed by atoms with van der Waals surface area (Å²) in [7, 11) is 2.04. The molecule has 0 aliphatic heterocycles. The number of nitrogens with zero attached hydrogens (tertiary/aromatic N) is 2. The largest absolute Gasteiger partial charge is 0.339 e. The van der Waals surface area contributed by atoms with Crippen LogP contribution in [0.4, 0.5) is 0 Å². The summed E-state index contributed by atoms with van der Waals surface area (Å²) in [5.74, 6) is 1.92. The van der Waals surface area contributed by atoms with Gasteiger partial charge in [0.15, 0.2) is 0 Å². The van der Waals surface area contributed by atoms with E-state index >= 15 is 0 Å². The average Bonchev–Trinajstić information content (AvgIpc) is 3.05. The summed E-state index contributed by atoms with van der Waals surface area (Å²) in [6.45, 7) is 0. The van der Waals surface area contributed by atoms with Crippen LogP contribution < -0.4 is 5.32 Å². The first-order valence-corrected chi connectivity index (χ1v) is 8.68. The highest BCUT2D eigenvalue weighted by Gasteiger charge is 2.25. The van der Waals surface area contributed by atoms with E-state index in [-0.39, 0.29) is 0 Å². The van der Waals surface area contributed by atoms with Gasteiger partial charge < -0.3 is 9.84 Å².